The average molecular weight is 406 g/mol. The first kappa shape index (κ1) is 19.0. The molecule has 29 heavy (non-hydrogen) atoms. The van der Waals surface area contributed by atoms with Crippen molar-refractivity contribution in [2.24, 2.45) is 0 Å². The van der Waals surface area contributed by atoms with Crippen molar-refractivity contribution < 1.29 is 23.1 Å². The van der Waals surface area contributed by atoms with E-state index in [-0.39, 0.29) is 18.1 Å². The number of alkyl halides is 3. The molecule has 1 fully saturated rings. The number of rotatable bonds is 2. The van der Waals surface area contributed by atoms with Crippen LogP contribution in [0.5, 0.6) is 0 Å². The van der Waals surface area contributed by atoms with Gasteiger partial charge in [-0.05, 0) is 24.6 Å². The topological polar surface area (TPSA) is 109 Å². The standard InChI is InChI=1S/C18H17F3N6O2/c19-18(20,21)13-5-11(6-23-16(13)22)10-1-2-15-24-14(9-27(15)7-10)25-17(29)26-4-3-12(28)8-26/h1-2,5-7,9,12,28H,3-4,8H2,(H2,22,23)(H,25,29). The highest BCUT2D eigenvalue weighted by Crippen LogP contribution is 2.35. The summed E-state index contributed by atoms with van der Waals surface area (Å²) in [5, 5.41) is 12.2. The van der Waals surface area contributed by atoms with Gasteiger partial charge in [-0.2, -0.15) is 13.2 Å². The highest BCUT2D eigenvalue weighted by atomic mass is 19.4. The Morgan fingerprint density at radius 3 is 2.76 bits per heavy atom. The minimum atomic E-state index is -4.60. The van der Waals surface area contributed by atoms with E-state index in [2.05, 4.69) is 15.3 Å². The minimum Gasteiger partial charge on any atom is -0.391 e. The lowest BCUT2D eigenvalue weighted by Crippen LogP contribution is -2.33. The Balaban J connectivity index is 1.60. The minimum absolute atomic E-state index is 0.249. The molecule has 0 spiro atoms. The third-order valence-corrected chi connectivity index (χ3v) is 4.69. The Labute approximate surface area is 162 Å². The SMILES string of the molecule is Nc1ncc(-c2ccc3nc(NC(=O)N4CCC(O)C4)cn3c2)cc1C(F)(F)F. The number of halogens is 3. The van der Waals surface area contributed by atoms with Crippen molar-refractivity contribution in [3.05, 3.63) is 42.4 Å². The van der Waals surface area contributed by atoms with Gasteiger partial charge >= 0.3 is 12.2 Å². The summed E-state index contributed by atoms with van der Waals surface area (Å²) in [6, 6.07) is 3.80. The Morgan fingerprint density at radius 1 is 1.28 bits per heavy atom. The van der Waals surface area contributed by atoms with E-state index < -0.39 is 23.7 Å². The molecule has 3 aromatic rings. The summed E-state index contributed by atoms with van der Waals surface area (Å²) in [4.78, 5) is 21.6. The van der Waals surface area contributed by atoms with Crippen molar-refractivity contribution in [1.82, 2.24) is 19.3 Å². The zero-order chi connectivity index (χ0) is 20.8. The highest BCUT2D eigenvalue weighted by Gasteiger charge is 2.34. The zero-order valence-corrected chi connectivity index (χ0v) is 15.0. The van der Waals surface area contributed by atoms with E-state index in [1.54, 1.807) is 28.9 Å². The second kappa shape index (κ2) is 6.92. The predicted molar refractivity (Wildman–Crippen MR) is 99.1 cm³/mol. The maximum Gasteiger partial charge on any atom is 0.419 e. The lowest BCUT2D eigenvalue weighted by Gasteiger charge is -2.14. The molecule has 4 N–H and O–H groups in total. The Hall–Kier alpha value is -3.34. The number of nitrogens with one attached hydrogen (secondary N) is 1. The van der Waals surface area contributed by atoms with E-state index in [0.29, 0.717) is 30.0 Å². The third kappa shape index (κ3) is 3.81. The van der Waals surface area contributed by atoms with Crippen molar-refractivity contribution in [1.29, 1.82) is 0 Å². The first-order valence-corrected chi connectivity index (χ1v) is 8.76. The number of aromatic nitrogens is 3. The molecular weight excluding hydrogens is 389 g/mol. The van der Waals surface area contributed by atoms with E-state index >= 15 is 0 Å². The lowest BCUT2D eigenvalue weighted by molar-refractivity contribution is -0.137. The van der Waals surface area contributed by atoms with Gasteiger partial charge < -0.3 is 20.1 Å². The molecule has 3 aromatic heterocycles. The van der Waals surface area contributed by atoms with Crippen LogP contribution in [0.3, 0.4) is 0 Å². The van der Waals surface area contributed by atoms with Crippen LogP contribution in [0.25, 0.3) is 16.8 Å². The zero-order valence-electron chi connectivity index (χ0n) is 15.0. The van der Waals surface area contributed by atoms with Gasteiger partial charge in [-0.3, -0.25) is 5.32 Å². The van der Waals surface area contributed by atoms with E-state index in [1.807, 2.05) is 0 Å². The number of fused-ring (bicyclic) bond motifs is 1. The van der Waals surface area contributed by atoms with Crippen LogP contribution in [0.4, 0.5) is 29.6 Å². The van der Waals surface area contributed by atoms with Crippen LogP contribution >= 0.6 is 0 Å². The van der Waals surface area contributed by atoms with Gasteiger partial charge in [-0.1, -0.05) is 0 Å². The van der Waals surface area contributed by atoms with Gasteiger partial charge in [0.1, 0.15) is 11.5 Å². The van der Waals surface area contributed by atoms with Crippen LogP contribution in [-0.2, 0) is 6.18 Å². The monoisotopic (exact) mass is 406 g/mol. The molecule has 1 aliphatic rings. The van der Waals surface area contributed by atoms with Gasteiger partial charge in [0.05, 0.1) is 17.9 Å². The number of aliphatic hydroxyl groups excluding tert-OH is 1. The van der Waals surface area contributed by atoms with Crippen molar-refractivity contribution in [3.8, 4) is 11.1 Å². The molecule has 8 nitrogen and oxygen atoms in total. The van der Waals surface area contributed by atoms with Gasteiger partial charge in [-0.25, -0.2) is 14.8 Å². The average Bonchev–Trinajstić information content (AvgIpc) is 3.26. The number of hydrogen-bond donors (Lipinski definition) is 3. The molecule has 1 aliphatic heterocycles. The molecule has 1 unspecified atom stereocenters. The van der Waals surface area contributed by atoms with Crippen LogP contribution in [0, 0.1) is 0 Å². The van der Waals surface area contributed by atoms with Gasteiger partial charge in [0, 0.05) is 36.6 Å². The molecule has 0 aliphatic carbocycles. The molecule has 4 rings (SSSR count). The van der Waals surface area contributed by atoms with Crippen molar-refractivity contribution in [2.75, 3.05) is 24.1 Å². The Morgan fingerprint density at radius 2 is 2.07 bits per heavy atom. The maximum absolute atomic E-state index is 13.1. The van der Waals surface area contributed by atoms with Gasteiger partial charge in [0.25, 0.3) is 0 Å². The number of carbonyl (C=O) groups is 1. The summed E-state index contributed by atoms with van der Waals surface area (Å²) in [6.07, 6.45) is -0.197. The number of carbonyl (C=O) groups excluding carboxylic acids is 1. The number of hydrogen-bond acceptors (Lipinski definition) is 5. The molecule has 4 heterocycles. The highest BCUT2D eigenvalue weighted by molar-refractivity contribution is 5.89. The summed E-state index contributed by atoms with van der Waals surface area (Å²) in [7, 11) is 0. The number of anilines is 2. The lowest BCUT2D eigenvalue weighted by atomic mass is 10.1. The number of imidazole rings is 1. The largest absolute Gasteiger partial charge is 0.419 e. The number of amides is 2. The Kier molecular flexibility index (Phi) is 4.53. The first-order chi connectivity index (χ1) is 13.7. The number of nitrogens with two attached hydrogens (primary N) is 1. The van der Waals surface area contributed by atoms with E-state index in [9.17, 15) is 23.1 Å². The number of aliphatic hydroxyl groups is 1. The molecule has 2 amide bonds. The first-order valence-electron chi connectivity index (χ1n) is 8.76. The second-order valence-electron chi connectivity index (χ2n) is 6.78. The normalized spacial score (nSPS) is 17.1. The van der Waals surface area contributed by atoms with E-state index in [4.69, 9.17) is 5.73 Å². The molecule has 152 valence electrons. The van der Waals surface area contributed by atoms with Crippen LogP contribution < -0.4 is 11.1 Å². The number of pyridine rings is 2. The quantitative estimate of drug-likeness (QED) is 0.606. The fourth-order valence-electron chi connectivity index (χ4n) is 3.20. The van der Waals surface area contributed by atoms with Crippen molar-refractivity contribution in [3.63, 3.8) is 0 Å². The molecule has 1 atom stereocenters. The smallest absolute Gasteiger partial charge is 0.391 e. The number of likely N-dealkylation sites (tertiary alicyclic amines) is 1. The van der Waals surface area contributed by atoms with E-state index in [0.717, 1.165) is 6.07 Å². The van der Waals surface area contributed by atoms with Crippen LogP contribution in [0.1, 0.15) is 12.0 Å². The number of nitrogen functional groups attached to an aromatic ring is 1. The van der Waals surface area contributed by atoms with Crippen LogP contribution in [0.2, 0.25) is 0 Å². The van der Waals surface area contributed by atoms with E-state index in [1.165, 1.54) is 11.1 Å². The number of nitrogens with zero attached hydrogens (tertiary/aromatic N) is 4. The predicted octanol–water partition coefficient (Wildman–Crippen LogP) is 2.60. The number of β-amino-alcohol motifs (C(OH)–C–C–N with tert-alkyl or cyclic N) is 1. The van der Waals surface area contributed by atoms with Gasteiger partial charge in [0.15, 0.2) is 5.82 Å². The molecular formula is C18H17F3N6O2. The Bertz CT molecular complexity index is 1080. The fraction of sp³-hybridized carbons (Fsp3) is 0.278. The molecule has 11 heteroatoms. The maximum atomic E-state index is 13.1. The molecule has 1 saturated heterocycles. The third-order valence-electron chi connectivity index (χ3n) is 4.69. The molecule has 0 radical (unpaired) electrons. The van der Waals surface area contributed by atoms with Crippen LogP contribution in [-0.4, -0.2) is 49.6 Å². The summed E-state index contributed by atoms with van der Waals surface area (Å²) >= 11 is 0. The fourth-order valence-corrected chi connectivity index (χ4v) is 3.20. The van der Waals surface area contributed by atoms with Crippen LogP contribution in [0.15, 0.2) is 36.8 Å². The molecule has 0 aromatic carbocycles. The number of urea groups is 1. The summed E-state index contributed by atoms with van der Waals surface area (Å²) in [6.45, 7) is 0.714. The summed E-state index contributed by atoms with van der Waals surface area (Å²) in [5.41, 5.74) is 5.58. The molecule has 0 saturated carbocycles. The van der Waals surface area contributed by atoms with Crippen molar-refractivity contribution >= 4 is 23.3 Å². The summed E-state index contributed by atoms with van der Waals surface area (Å²) < 4.78 is 40.8. The molecule has 0 bridgehead atoms. The van der Waals surface area contributed by atoms with Gasteiger partial charge in [-0.15, -0.1) is 0 Å². The summed E-state index contributed by atoms with van der Waals surface area (Å²) in [5.74, 6) is -0.290. The second-order valence-corrected chi connectivity index (χ2v) is 6.78. The van der Waals surface area contributed by atoms with Gasteiger partial charge in [0.2, 0.25) is 0 Å². The van der Waals surface area contributed by atoms with Crippen molar-refractivity contribution in [2.45, 2.75) is 18.7 Å².